The fourth-order valence-corrected chi connectivity index (χ4v) is 7.89. The third kappa shape index (κ3) is 4.84. The van der Waals surface area contributed by atoms with Crippen LogP contribution in [0.3, 0.4) is 0 Å². The maximum atomic E-state index is 6.63. The van der Waals surface area contributed by atoms with Crippen molar-refractivity contribution >= 4 is 75.9 Å². The first kappa shape index (κ1) is 28.2. The second-order valence-corrected chi connectivity index (χ2v) is 13.0. The molecule has 2 aromatic heterocycles. The van der Waals surface area contributed by atoms with E-state index in [0.29, 0.717) is 18.2 Å². The van der Waals surface area contributed by atoms with Crippen LogP contribution in [-0.2, 0) is 6.54 Å². The summed E-state index contributed by atoms with van der Waals surface area (Å²) in [5.41, 5.74) is 13.7. The lowest BCUT2D eigenvalue weighted by molar-refractivity contribution is 0.669. The van der Waals surface area contributed by atoms with Crippen molar-refractivity contribution in [2.24, 2.45) is 15.7 Å². The summed E-state index contributed by atoms with van der Waals surface area (Å²) < 4.78 is 8.62. The van der Waals surface area contributed by atoms with E-state index in [9.17, 15) is 0 Å². The molecule has 0 fully saturated rings. The van der Waals surface area contributed by atoms with Crippen LogP contribution >= 0.6 is 11.3 Å². The van der Waals surface area contributed by atoms with Gasteiger partial charge in [-0.1, -0.05) is 121 Å². The zero-order chi connectivity index (χ0) is 32.0. The van der Waals surface area contributed by atoms with Crippen molar-refractivity contribution in [1.29, 1.82) is 0 Å². The molecule has 4 nitrogen and oxygen atoms in total. The van der Waals surface area contributed by atoms with Gasteiger partial charge in [0.1, 0.15) is 17.0 Å². The second kappa shape index (κ2) is 11.6. The van der Waals surface area contributed by atoms with Gasteiger partial charge >= 0.3 is 0 Å². The van der Waals surface area contributed by atoms with E-state index in [1.165, 1.54) is 14.8 Å². The van der Waals surface area contributed by atoms with E-state index in [2.05, 4.69) is 103 Å². The Balaban J connectivity index is 1.16. The molecular formula is C43H29N3OS. The number of rotatable bonds is 5. The van der Waals surface area contributed by atoms with Crippen LogP contribution in [-0.4, -0.2) is 11.7 Å². The Morgan fingerprint density at radius 1 is 0.604 bits per heavy atom. The van der Waals surface area contributed by atoms with E-state index >= 15 is 0 Å². The van der Waals surface area contributed by atoms with Gasteiger partial charge in [0, 0.05) is 42.1 Å². The van der Waals surface area contributed by atoms with Crippen molar-refractivity contribution in [2.75, 3.05) is 0 Å². The van der Waals surface area contributed by atoms with Gasteiger partial charge in [0.15, 0.2) is 5.84 Å². The zero-order valence-electron chi connectivity index (χ0n) is 25.9. The highest BCUT2D eigenvalue weighted by Gasteiger charge is 2.16. The van der Waals surface area contributed by atoms with Crippen molar-refractivity contribution in [3.8, 4) is 11.1 Å². The number of benzene rings is 7. The van der Waals surface area contributed by atoms with E-state index in [4.69, 9.17) is 20.1 Å². The number of hydrogen-bond acceptors (Lipinski definition) is 3. The van der Waals surface area contributed by atoms with Crippen molar-refractivity contribution < 1.29 is 4.42 Å². The summed E-state index contributed by atoms with van der Waals surface area (Å²) in [7, 11) is 0. The zero-order valence-corrected chi connectivity index (χ0v) is 26.7. The van der Waals surface area contributed by atoms with Gasteiger partial charge in [-0.2, -0.15) is 0 Å². The van der Waals surface area contributed by atoms with Crippen molar-refractivity contribution in [2.45, 2.75) is 6.54 Å². The third-order valence-electron chi connectivity index (χ3n) is 9.02. The molecule has 0 aliphatic carbocycles. The molecule has 48 heavy (non-hydrogen) atoms. The minimum absolute atomic E-state index is 0.439. The number of para-hydroxylation sites is 1. The van der Waals surface area contributed by atoms with Crippen LogP contribution in [0.25, 0.3) is 64.0 Å². The summed E-state index contributed by atoms with van der Waals surface area (Å²) in [5, 5.41) is 6.94. The first-order valence-electron chi connectivity index (χ1n) is 16.0. The van der Waals surface area contributed by atoms with E-state index in [-0.39, 0.29) is 0 Å². The predicted octanol–water partition coefficient (Wildman–Crippen LogP) is 11.1. The molecule has 0 bridgehead atoms. The average Bonchev–Trinajstić information content (AvgIpc) is 3.72. The predicted molar refractivity (Wildman–Crippen MR) is 203 cm³/mol. The number of thiophene rings is 1. The standard InChI is InChI=1S/C43H29N3OS/c44-42(27-11-2-1-3-12-27)46-43(35-18-10-22-39-41(35)34-16-5-7-21-38(34)48-39)45-26-30-14-8-13-28-25-29(23-24-31(28)30)32-17-9-20-37-40(32)33-15-4-6-19-36(33)47-37/h1-25H,26H2,(H2,44,45,46). The lowest BCUT2D eigenvalue weighted by Gasteiger charge is -2.10. The minimum Gasteiger partial charge on any atom is -0.456 e. The molecule has 9 aromatic rings. The van der Waals surface area contributed by atoms with Crippen molar-refractivity contribution in [3.05, 3.63) is 168 Å². The van der Waals surface area contributed by atoms with Gasteiger partial charge in [0.05, 0.1) is 6.54 Å². The Labute approximate surface area is 281 Å². The molecule has 0 spiro atoms. The van der Waals surface area contributed by atoms with Gasteiger partial charge < -0.3 is 10.2 Å². The van der Waals surface area contributed by atoms with E-state index in [0.717, 1.165) is 65.9 Å². The smallest absolute Gasteiger partial charge is 0.158 e. The molecule has 5 heteroatoms. The van der Waals surface area contributed by atoms with Crippen LogP contribution in [0.15, 0.2) is 166 Å². The van der Waals surface area contributed by atoms with Crippen LogP contribution in [0.2, 0.25) is 0 Å². The molecule has 0 saturated carbocycles. The number of aliphatic imine (C=N–C) groups is 2. The van der Waals surface area contributed by atoms with Crippen LogP contribution in [0.1, 0.15) is 16.7 Å². The minimum atomic E-state index is 0.439. The average molecular weight is 636 g/mol. The number of nitrogens with zero attached hydrogens (tertiary/aromatic N) is 2. The molecule has 228 valence electrons. The molecule has 0 radical (unpaired) electrons. The number of fused-ring (bicyclic) bond motifs is 7. The lowest BCUT2D eigenvalue weighted by atomic mass is 9.95. The molecule has 0 unspecified atom stereocenters. The maximum Gasteiger partial charge on any atom is 0.158 e. The highest BCUT2D eigenvalue weighted by Crippen LogP contribution is 2.38. The summed E-state index contributed by atoms with van der Waals surface area (Å²) in [4.78, 5) is 10.2. The van der Waals surface area contributed by atoms with E-state index < -0.39 is 0 Å². The fourth-order valence-electron chi connectivity index (χ4n) is 6.76. The molecule has 7 aromatic carbocycles. The summed E-state index contributed by atoms with van der Waals surface area (Å²) in [5.74, 6) is 1.06. The molecule has 0 atom stereocenters. The molecule has 0 aliphatic rings. The Morgan fingerprint density at radius 2 is 1.35 bits per heavy atom. The molecule has 0 amide bonds. The molecular weight excluding hydrogens is 607 g/mol. The molecule has 2 heterocycles. The normalized spacial score (nSPS) is 12.6. The topological polar surface area (TPSA) is 63.9 Å². The van der Waals surface area contributed by atoms with Crippen LogP contribution in [0.5, 0.6) is 0 Å². The number of nitrogens with two attached hydrogens (primary N) is 1. The Morgan fingerprint density at radius 3 is 2.27 bits per heavy atom. The van der Waals surface area contributed by atoms with Gasteiger partial charge in [-0.3, -0.25) is 4.99 Å². The van der Waals surface area contributed by atoms with Gasteiger partial charge in [-0.05, 0) is 57.8 Å². The van der Waals surface area contributed by atoms with Gasteiger partial charge in [0.25, 0.3) is 0 Å². The SMILES string of the molecule is NC(=NC(=NCc1cccc2cc(-c3cccc4oc5ccccc5c34)ccc12)c1cccc2sc3ccccc3c12)c1ccccc1. The number of furan rings is 1. The quantitative estimate of drug-likeness (QED) is 0.151. The molecule has 9 rings (SSSR count). The largest absolute Gasteiger partial charge is 0.456 e. The highest BCUT2D eigenvalue weighted by molar-refractivity contribution is 7.25. The van der Waals surface area contributed by atoms with Gasteiger partial charge in [-0.15, -0.1) is 11.3 Å². The maximum absolute atomic E-state index is 6.63. The first-order valence-corrected chi connectivity index (χ1v) is 16.8. The van der Waals surface area contributed by atoms with Crippen LogP contribution in [0, 0.1) is 0 Å². The van der Waals surface area contributed by atoms with E-state index in [1.807, 2.05) is 48.5 Å². The second-order valence-electron chi connectivity index (χ2n) is 11.9. The molecule has 0 saturated heterocycles. The summed E-state index contributed by atoms with van der Waals surface area (Å²) >= 11 is 1.79. The summed E-state index contributed by atoms with van der Waals surface area (Å²) in [6.07, 6.45) is 0. The van der Waals surface area contributed by atoms with Gasteiger partial charge in [0.2, 0.25) is 0 Å². The first-order chi connectivity index (χ1) is 23.7. The molecule has 2 N–H and O–H groups in total. The van der Waals surface area contributed by atoms with Crippen molar-refractivity contribution in [3.63, 3.8) is 0 Å². The highest BCUT2D eigenvalue weighted by atomic mass is 32.1. The van der Waals surface area contributed by atoms with Crippen LogP contribution < -0.4 is 5.73 Å². The Kier molecular flexibility index (Phi) is 6.84. The fraction of sp³-hybridized carbons (Fsp3) is 0.0233. The molecule has 0 aliphatic heterocycles. The Hall–Kier alpha value is -6.04. The monoisotopic (exact) mass is 635 g/mol. The number of amidine groups is 2. The third-order valence-corrected chi connectivity index (χ3v) is 10.2. The van der Waals surface area contributed by atoms with Crippen molar-refractivity contribution in [1.82, 2.24) is 0 Å². The summed E-state index contributed by atoms with van der Waals surface area (Å²) in [6, 6.07) is 52.4. The Bertz CT molecular complexity index is 2720. The summed E-state index contributed by atoms with van der Waals surface area (Å²) in [6.45, 7) is 0.456. The lowest BCUT2D eigenvalue weighted by Crippen LogP contribution is -2.16. The number of hydrogen-bond donors (Lipinski definition) is 1. The van der Waals surface area contributed by atoms with Crippen LogP contribution in [0.4, 0.5) is 0 Å². The van der Waals surface area contributed by atoms with E-state index in [1.54, 1.807) is 11.3 Å². The van der Waals surface area contributed by atoms with Gasteiger partial charge in [-0.25, -0.2) is 4.99 Å².